The van der Waals surface area contributed by atoms with Crippen LogP contribution in [0.4, 0.5) is 0 Å². The van der Waals surface area contributed by atoms with Gasteiger partial charge >= 0.3 is 0 Å². The highest BCUT2D eigenvalue weighted by Crippen LogP contribution is 2.25. The summed E-state index contributed by atoms with van der Waals surface area (Å²) in [6.45, 7) is 3.16. The van der Waals surface area contributed by atoms with E-state index in [1.165, 1.54) is 0 Å². The van der Waals surface area contributed by atoms with Gasteiger partial charge < -0.3 is 9.47 Å². The number of aromatic nitrogens is 7. The molecule has 2 heterocycles. The highest BCUT2D eigenvalue weighted by molar-refractivity contribution is 7.98. The van der Waals surface area contributed by atoms with Crippen LogP contribution in [-0.4, -0.2) is 42.1 Å². The predicted octanol–water partition coefficient (Wildman–Crippen LogP) is 3.54. The fraction of sp³-hybridized carbons (Fsp3) is 0.286. The first-order valence-electron chi connectivity index (χ1n) is 9.93. The van der Waals surface area contributed by atoms with Gasteiger partial charge in [0.2, 0.25) is 0 Å². The SMILES string of the molecule is CCCn1nnnc1CSc1nnc(COc2ccc(OC)cc2)n1-c1ccccc1. The molecule has 0 saturated carbocycles. The zero-order chi connectivity index (χ0) is 21.5. The van der Waals surface area contributed by atoms with Crippen LogP contribution >= 0.6 is 11.8 Å². The van der Waals surface area contributed by atoms with Crippen molar-refractivity contribution in [1.29, 1.82) is 0 Å². The molecule has 0 amide bonds. The summed E-state index contributed by atoms with van der Waals surface area (Å²) in [4.78, 5) is 0. The first-order valence-corrected chi connectivity index (χ1v) is 10.9. The summed E-state index contributed by atoms with van der Waals surface area (Å²) in [5, 5.41) is 21.5. The molecule has 0 aliphatic heterocycles. The molecule has 10 heteroatoms. The summed E-state index contributed by atoms with van der Waals surface area (Å²) in [7, 11) is 1.64. The average Bonchev–Trinajstić information content (AvgIpc) is 3.44. The van der Waals surface area contributed by atoms with E-state index in [9.17, 15) is 0 Å². The van der Waals surface area contributed by atoms with Crippen LogP contribution in [0, 0.1) is 0 Å². The van der Waals surface area contributed by atoms with Crippen LogP contribution in [0.1, 0.15) is 25.0 Å². The van der Waals surface area contributed by atoms with Gasteiger partial charge in [0.15, 0.2) is 16.8 Å². The van der Waals surface area contributed by atoms with E-state index in [-0.39, 0.29) is 6.61 Å². The Morgan fingerprint density at radius 1 is 0.903 bits per heavy atom. The van der Waals surface area contributed by atoms with Gasteiger partial charge in [-0.25, -0.2) is 4.68 Å². The molecule has 0 spiro atoms. The molecular formula is C21H23N7O2S. The Hall–Kier alpha value is -3.40. The summed E-state index contributed by atoms with van der Waals surface area (Å²) in [6.07, 6.45) is 0.968. The van der Waals surface area contributed by atoms with Gasteiger partial charge in [-0.1, -0.05) is 36.9 Å². The molecule has 0 unspecified atom stereocenters. The minimum absolute atomic E-state index is 0.280. The van der Waals surface area contributed by atoms with Gasteiger partial charge in [-0.2, -0.15) is 0 Å². The van der Waals surface area contributed by atoms with Gasteiger partial charge in [-0.15, -0.1) is 15.3 Å². The molecule has 160 valence electrons. The molecular weight excluding hydrogens is 414 g/mol. The molecule has 0 radical (unpaired) electrons. The molecule has 0 bridgehead atoms. The summed E-state index contributed by atoms with van der Waals surface area (Å²) < 4.78 is 15.0. The van der Waals surface area contributed by atoms with Gasteiger partial charge in [0, 0.05) is 12.2 Å². The molecule has 31 heavy (non-hydrogen) atoms. The van der Waals surface area contributed by atoms with Crippen molar-refractivity contribution in [3.8, 4) is 17.2 Å². The average molecular weight is 438 g/mol. The Bertz CT molecular complexity index is 1100. The Labute approximate surface area is 184 Å². The van der Waals surface area contributed by atoms with Crippen LogP contribution in [0.3, 0.4) is 0 Å². The lowest BCUT2D eigenvalue weighted by atomic mass is 10.3. The first kappa shape index (κ1) is 20.9. The first-order chi connectivity index (χ1) is 15.3. The Morgan fingerprint density at radius 3 is 2.42 bits per heavy atom. The summed E-state index contributed by atoms with van der Waals surface area (Å²) in [5.41, 5.74) is 0.969. The Morgan fingerprint density at radius 2 is 1.68 bits per heavy atom. The molecule has 0 atom stereocenters. The molecule has 0 saturated heterocycles. The number of benzene rings is 2. The summed E-state index contributed by atoms with van der Waals surface area (Å²) in [6, 6.07) is 17.4. The summed E-state index contributed by atoms with van der Waals surface area (Å²) in [5.74, 6) is 3.63. The quantitative estimate of drug-likeness (QED) is 0.348. The van der Waals surface area contributed by atoms with Gasteiger partial charge in [0.05, 0.1) is 12.9 Å². The zero-order valence-electron chi connectivity index (χ0n) is 17.4. The number of para-hydroxylation sites is 1. The molecule has 0 N–H and O–H groups in total. The third-order valence-electron chi connectivity index (χ3n) is 4.51. The van der Waals surface area contributed by atoms with E-state index in [1.807, 2.05) is 63.8 Å². The fourth-order valence-corrected chi connectivity index (χ4v) is 3.89. The van der Waals surface area contributed by atoms with Crippen LogP contribution in [0.5, 0.6) is 11.5 Å². The maximum atomic E-state index is 5.94. The van der Waals surface area contributed by atoms with Crippen molar-refractivity contribution in [2.24, 2.45) is 0 Å². The normalized spacial score (nSPS) is 10.9. The summed E-state index contributed by atoms with van der Waals surface area (Å²) >= 11 is 1.54. The minimum atomic E-state index is 0.280. The van der Waals surface area contributed by atoms with Gasteiger partial charge in [-0.3, -0.25) is 4.57 Å². The Kier molecular flexibility index (Phi) is 6.78. The highest BCUT2D eigenvalue weighted by Gasteiger charge is 2.17. The van der Waals surface area contributed by atoms with E-state index < -0.39 is 0 Å². The molecule has 9 nitrogen and oxygen atoms in total. The van der Waals surface area contributed by atoms with Gasteiger partial charge in [-0.05, 0) is 53.2 Å². The van der Waals surface area contributed by atoms with E-state index >= 15 is 0 Å². The van der Waals surface area contributed by atoms with Crippen molar-refractivity contribution in [2.45, 2.75) is 37.4 Å². The number of hydrogen-bond acceptors (Lipinski definition) is 8. The van der Waals surface area contributed by atoms with Gasteiger partial charge in [0.25, 0.3) is 0 Å². The number of ether oxygens (including phenoxy) is 2. The van der Waals surface area contributed by atoms with Crippen molar-refractivity contribution in [2.75, 3.05) is 7.11 Å². The number of rotatable bonds is 10. The topological polar surface area (TPSA) is 92.8 Å². The van der Waals surface area contributed by atoms with Crippen molar-refractivity contribution < 1.29 is 9.47 Å². The maximum Gasteiger partial charge on any atom is 0.196 e. The van der Waals surface area contributed by atoms with Crippen LogP contribution < -0.4 is 9.47 Å². The number of nitrogens with zero attached hydrogens (tertiary/aromatic N) is 7. The number of thioether (sulfide) groups is 1. The van der Waals surface area contributed by atoms with Crippen LogP contribution in [0.2, 0.25) is 0 Å². The molecule has 2 aromatic carbocycles. The molecule has 0 fully saturated rings. The fourth-order valence-electron chi connectivity index (χ4n) is 2.98. The van der Waals surface area contributed by atoms with Crippen LogP contribution in [0.15, 0.2) is 59.8 Å². The van der Waals surface area contributed by atoms with E-state index in [1.54, 1.807) is 18.9 Å². The van der Waals surface area contributed by atoms with Crippen LogP contribution in [-0.2, 0) is 18.9 Å². The van der Waals surface area contributed by atoms with E-state index in [2.05, 4.69) is 32.6 Å². The minimum Gasteiger partial charge on any atom is -0.497 e. The number of hydrogen-bond donors (Lipinski definition) is 0. The molecule has 4 rings (SSSR count). The third-order valence-corrected chi connectivity index (χ3v) is 5.44. The van der Waals surface area contributed by atoms with Crippen molar-refractivity contribution in [3.63, 3.8) is 0 Å². The zero-order valence-corrected chi connectivity index (χ0v) is 18.2. The third kappa shape index (κ3) is 5.02. The van der Waals surface area contributed by atoms with E-state index in [4.69, 9.17) is 9.47 Å². The van der Waals surface area contributed by atoms with Crippen molar-refractivity contribution >= 4 is 11.8 Å². The van der Waals surface area contributed by atoms with E-state index in [0.717, 1.165) is 41.1 Å². The molecule has 0 aliphatic rings. The number of tetrazole rings is 1. The molecule has 4 aromatic rings. The molecule has 0 aliphatic carbocycles. The standard InChI is InChI=1S/C21H23N7O2S/c1-3-13-27-20(23-25-26-27)15-31-21-24-22-19(28(21)16-7-5-4-6-8-16)14-30-18-11-9-17(29-2)10-12-18/h4-12H,3,13-15H2,1-2H3. The number of methoxy groups -OCH3 is 1. The lowest BCUT2D eigenvalue weighted by Crippen LogP contribution is -2.07. The second-order valence-electron chi connectivity index (χ2n) is 6.64. The molecule has 2 aromatic heterocycles. The van der Waals surface area contributed by atoms with Crippen LogP contribution in [0.25, 0.3) is 5.69 Å². The monoisotopic (exact) mass is 437 g/mol. The maximum absolute atomic E-state index is 5.94. The van der Waals surface area contributed by atoms with Crippen molar-refractivity contribution in [1.82, 2.24) is 35.0 Å². The smallest absolute Gasteiger partial charge is 0.196 e. The number of aryl methyl sites for hydroxylation is 1. The van der Waals surface area contributed by atoms with Gasteiger partial charge in [0.1, 0.15) is 18.1 Å². The Balaban J connectivity index is 1.54. The second-order valence-corrected chi connectivity index (χ2v) is 7.58. The second kappa shape index (κ2) is 10.1. The lowest BCUT2D eigenvalue weighted by Gasteiger charge is -2.11. The van der Waals surface area contributed by atoms with E-state index in [0.29, 0.717) is 11.6 Å². The predicted molar refractivity (Wildman–Crippen MR) is 116 cm³/mol. The highest BCUT2D eigenvalue weighted by atomic mass is 32.2. The largest absolute Gasteiger partial charge is 0.497 e. The van der Waals surface area contributed by atoms with Crippen molar-refractivity contribution in [3.05, 3.63) is 66.2 Å². The lowest BCUT2D eigenvalue weighted by molar-refractivity contribution is 0.292.